The Bertz CT molecular complexity index is 366. The monoisotopic (exact) mass is 238 g/mol. The van der Waals surface area contributed by atoms with Crippen molar-refractivity contribution in [2.75, 3.05) is 37.5 Å². The fourth-order valence-corrected chi connectivity index (χ4v) is 1.92. The molecule has 94 valence electrons. The number of hydrogen-bond acceptors (Lipinski definition) is 6. The Morgan fingerprint density at radius 1 is 1.35 bits per heavy atom. The molecule has 0 aromatic carbocycles. The third kappa shape index (κ3) is 2.83. The summed E-state index contributed by atoms with van der Waals surface area (Å²) in [6, 6.07) is 1.83. The second-order valence-electron chi connectivity index (χ2n) is 4.21. The molecule has 0 amide bonds. The molecule has 0 unspecified atom stereocenters. The molecular formula is C11H18N4O2. The smallest absolute Gasteiger partial charge is 0.131 e. The zero-order valence-corrected chi connectivity index (χ0v) is 9.94. The van der Waals surface area contributed by atoms with Gasteiger partial charge in [0.25, 0.3) is 0 Å². The Labute approximate surface area is 100 Å². The summed E-state index contributed by atoms with van der Waals surface area (Å²) >= 11 is 0. The summed E-state index contributed by atoms with van der Waals surface area (Å²) in [7, 11) is 1.81. The number of hydrogen-bond donors (Lipinski definition) is 3. The first kappa shape index (κ1) is 12.1. The van der Waals surface area contributed by atoms with Crippen molar-refractivity contribution in [2.45, 2.75) is 18.4 Å². The van der Waals surface area contributed by atoms with Crippen LogP contribution in [-0.2, 0) is 4.74 Å². The molecular weight excluding hydrogens is 220 g/mol. The van der Waals surface area contributed by atoms with Crippen molar-refractivity contribution >= 4 is 11.6 Å². The van der Waals surface area contributed by atoms with Crippen LogP contribution in [0.15, 0.2) is 12.4 Å². The molecule has 6 heteroatoms. The summed E-state index contributed by atoms with van der Waals surface area (Å²) in [6.45, 7) is 1.41. The van der Waals surface area contributed by atoms with Gasteiger partial charge in [0.05, 0.1) is 12.1 Å². The van der Waals surface area contributed by atoms with E-state index in [0.717, 1.165) is 24.5 Å². The van der Waals surface area contributed by atoms with Gasteiger partial charge in [0.1, 0.15) is 18.0 Å². The van der Waals surface area contributed by atoms with Crippen molar-refractivity contribution in [3.05, 3.63) is 12.4 Å². The lowest BCUT2D eigenvalue weighted by Crippen LogP contribution is -2.47. The molecule has 0 aliphatic carbocycles. The van der Waals surface area contributed by atoms with E-state index in [0.29, 0.717) is 13.2 Å². The molecule has 17 heavy (non-hydrogen) atoms. The van der Waals surface area contributed by atoms with E-state index in [-0.39, 0.29) is 12.1 Å². The molecule has 0 bridgehead atoms. The van der Waals surface area contributed by atoms with Crippen LogP contribution in [0.3, 0.4) is 0 Å². The quantitative estimate of drug-likeness (QED) is 0.707. The Morgan fingerprint density at radius 2 is 2.06 bits per heavy atom. The third-order valence-electron chi connectivity index (χ3n) is 3.07. The van der Waals surface area contributed by atoms with E-state index in [1.54, 1.807) is 0 Å². The number of anilines is 2. The highest BCUT2D eigenvalue weighted by molar-refractivity contribution is 5.47. The Hall–Kier alpha value is -1.40. The van der Waals surface area contributed by atoms with Crippen molar-refractivity contribution in [1.29, 1.82) is 0 Å². The topological polar surface area (TPSA) is 79.3 Å². The van der Waals surface area contributed by atoms with Crippen LogP contribution >= 0.6 is 0 Å². The van der Waals surface area contributed by atoms with E-state index in [4.69, 9.17) is 4.74 Å². The van der Waals surface area contributed by atoms with Crippen LogP contribution < -0.4 is 10.6 Å². The van der Waals surface area contributed by atoms with Crippen LogP contribution in [0.4, 0.5) is 11.6 Å². The molecule has 3 N–H and O–H groups in total. The van der Waals surface area contributed by atoms with Crippen molar-refractivity contribution in [3.8, 4) is 0 Å². The number of ether oxygens (including phenoxy) is 1. The molecule has 1 aromatic rings. The summed E-state index contributed by atoms with van der Waals surface area (Å²) in [6.07, 6.45) is 3.06. The Morgan fingerprint density at radius 3 is 2.71 bits per heavy atom. The highest BCUT2D eigenvalue weighted by Gasteiger charge is 2.32. The van der Waals surface area contributed by atoms with Crippen LogP contribution in [0.5, 0.6) is 0 Å². The average molecular weight is 238 g/mol. The number of nitrogens with one attached hydrogen (secondary N) is 2. The predicted octanol–water partition coefficient (Wildman–Crippen LogP) is 0.472. The molecule has 0 radical (unpaired) electrons. The maximum Gasteiger partial charge on any atom is 0.131 e. The van der Waals surface area contributed by atoms with Crippen molar-refractivity contribution in [3.63, 3.8) is 0 Å². The molecule has 0 atom stereocenters. The van der Waals surface area contributed by atoms with Crippen LogP contribution in [-0.4, -0.2) is 47.5 Å². The van der Waals surface area contributed by atoms with Crippen LogP contribution in [0.1, 0.15) is 12.8 Å². The summed E-state index contributed by atoms with van der Waals surface area (Å²) in [5.41, 5.74) is -0.322. The lowest BCUT2D eigenvalue weighted by atomic mass is 9.91. The van der Waals surface area contributed by atoms with Gasteiger partial charge in [-0.05, 0) is 12.8 Å². The minimum atomic E-state index is -0.322. The first-order valence-electron chi connectivity index (χ1n) is 5.75. The summed E-state index contributed by atoms with van der Waals surface area (Å²) < 4.78 is 5.31. The lowest BCUT2D eigenvalue weighted by Gasteiger charge is -2.36. The minimum absolute atomic E-state index is 0.0786. The molecule has 0 saturated carbocycles. The van der Waals surface area contributed by atoms with Gasteiger partial charge in [-0.2, -0.15) is 0 Å². The van der Waals surface area contributed by atoms with E-state index in [1.165, 1.54) is 6.33 Å². The predicted molar refractivity (Wildman–Crippen MR) is 65.1 cm³/mol. The number of rotatable bonds is 4. The molecule has 1 aliphatic heterocycles. The fraction of sp³-hybridized carbons (Fsp3) is 0.636. The number of aliphatic hydroxyl groups excluding tert-OH is 1. The van der Waals surface area contributed by atoms with E-state index < -0.39 is 0 Å². The molecule has 2 rings (SSSR count). The van der Waals surface area contributed by atoms with Gasteiger partial charge in [-0.3, -0.25) is 0 Å². The third-order valence-corrected chi connectivity index (χ3v) is 3.07. The maximum absolute atomic E-state index is 9.55. The van der Waals surface area contributed by atoms with E-state index >= 15 is 0 Å². The SMILES string of the molecule is CNc1cc(NC2(CO)CCOCC2)ncn1. The van der Waals surface area contributed by atoms with E-state index in [2.05, 4.69) is 20.6 Å². The Balaban J connectivity index is 2.11. The molecule has 1 aliphatic rings. The first-order chi connectivity index (χ1) is 8.28. The van der Waals surface area contributed by atoms with E-state index in [1.807, 2.05) is 13.1 Å². The molecule has 1 aromatic heterocycles. The number of aliphatic hydroxyl groups is 1. The first-order valence-corrected chi connectivity index (χ1v) is 5.75. The molecule has 1 saturated heterocycles. The molecule has 0 spiro atoms. The van der Waals surface area contributed by atoms with Gasteiger partial charge in [-0.25, -0.2) is 9.97 Å². The second-order valence-corrected chi connectivity index (χ2v) is 4.21. The zero-order chi connectivity index (χ0) is 12.1. The number of aromatic nitrogens is 2. The summed E-state index contributed by atoms with van der Waals surface area (Å²) in [4.78, 5) is 8.21. The van der Waals surface area contributed by atoms with Gasteiger partial charge < -0.3 is 20.5 Å². The van der Waals surface area contributed by atoms with Gasteiger partial charge in [0, 0.05) is 26.3 Å². The molecule has 6 nitrogen and oxygen atoms in total. The normalized spacial score (nSPS) is 18.7. The van der Waals surface area contributed by atoms with Crippen LogP contribution in [0, 0.1) is 0 Å². The van der Waals surface area contributed by atoms with Crippen LogP contribution in [0.25, 0.3) is 0 Å². The van der Waals surface area contributed by atoms with Gasteiger partial charge in [-0.15, -0.1) is 0 Å². The largest absolute Gasteiger partial charge is 0.394 e. The Kier molecular flexibility index (Phi) is 3.75. The van der Waals surface area contributed by atoms with Gasteiger partial charge >= 0.3 is 0 Å². The molecule has 1 fully saturated rings. The number of nitrogens with zero attached hydrogens (tertiary/aromatic N) is 2. The standard InChI is InChI=1S/C11H18N4O2/c1-12-9-6-10(14-8-13-9)15-11(7-16)2-4-17-5-3-11/h6,8,16H,2-5,7H2,1H3,(H2,12,13,14,15). The van der Waals surface area contributed by atoms with E-state index in [9.17, 15) is 5.11 Å². The highest BCUT2D eigenvalue weighted by Crippen LogP contribution is 2.25. The lowest BCUT2D eigenvalue weighted by molar-refractivity contribution is 0.0378. The van der Waals surface area contributed by atoms with Crippen molar-refractivity contribution < 1.29 is 9.84 Å². The zero-order valence-electron chi connectivity index (χ0n) is 9.94. The average Bonchev–Trinajstić information content (AvgIpc) is 2.40. The second kappa shape index (κ2) is 5.29. The highest BCUT2D eigenvalue weighted by atomic mass is 16.5. The van der Waals surface area contributed by atoms with Gasteiger partial charge in [0.2, 0.25) is 0 Å². The van der Waals surface area contributed by atoms with Gasteiger partial charge in [0.15, 0.2) is 0 Å². The van der Waals surface area contributed by atoms with Gasteiger partial charge in [-0.1, -0.05) is 0 Å². The fourth-order valence-electron chi connectivity index (χ4n) is 1.92. The summed E-state index contributed by atoms with van der Waals surface area (Å²) in [5, 5.41) is 15.8. The molecule has 2 heterocycles. The van der Waals surface area contributed by atoms with Crippen molar-refractivity contribution in [1.82, 2.24) is 9.97 Å². The summed E-state index contributed by atoms with van der Waals surface area (Å²) in [5.74, 6) is 1.47. The van der Waals surface area contributed by atoms with Crippen molar-refractivity contribution in [2.24, 2.45) is 0 Å². The maximum atomic E-state index is 9.55. The minimum Gasteiger partial charge on any atom is -0.394 e. The van der Waals surface area contributed by atoms with Crippen LogP contribution in [0.2, 0.25) is 0 Å².